The van der Waals surface area contributed by atoms with E-state index >= 15 is 0 Å². The topological polar surface area (TPSA) is 20.2 Å². The lowest BCUT2D eigenvalue weighted by Gasteiger charge is -2.22. The van der Waals surface area contributed by atoms with Crippen LogP contribution in [0.1, 0.15) is 81.2 Å². The van der Waals surface area contributed by atoms with Gasteiger partial charge in [-0.15, -0.1) is 0 Å². The monoisotopic (exact) mass is 276 g/mol. The highest BCUT2D eigenvalue weighted by atomic mass is 16.3. The van der Waals surface area contributed by atoms with Gasteiger partial charge in [-0.2, -0.15) is 0 Å². The molecule has 20 heavy (non-hydrogen) atoms. The number of hydrogen-bond donors (Lipinski definition) is 1. The fourth-order valence-electron chi connectivity index (χ4n) is 3.31. The molecule has 0 aromatic heterocycles. The Morgan fingerprint density at radius 1 is 0.700 bits per heavy atom. The smallest absolute Gasteiger partial charge is 0.122 e. The average molecular weight is 276 g/mol. The summed E-state index contributed by atoms with van der Waals surface area (Å²) < 4.78 is 0. The molecule has 0 aliphatic rings. The van der Waals surface area contributed by atoms with Crippen molar-refractivity contribution in [1.29, 1.82) is 0 Å². The molecule has 0 heterocycles. The largest absolute Gasteiger partial charge is 0.507 e. The zero-order chi connectivity index (χ0) is 15.1. The van der Waals surface area contributed by atoms with Crippen LogP contribution in [0.25, 0.3) is 0 Å². The molecule has 0 aliphatic carbocycles. The summed E-state index contributed by atoms with van der Waals surface area (Å²) in [4.78, 5) is 0. The number of rotatable bonds is 8. The highest BCUT2D eigenvalue weighted by molar-refractivity contribution is 5.55. The van der Waals surface area contributed by atoms with Gasteiger partial charge in [-0.3, -0.25) is 0 Å². The lowest BCUT2D eigenvalue weighted by atomic mass is 9.85. The summed E-state index contributed by atoms with van der Waals surface area (Å²) >= 11 is 0. The van der Waals surface area contributed by atoms with E-state index in [4.69, 9.17) is 0 Å². The van der Waals surface area contributed by atoms with Crippen LogP contribution in [-0.4, -0.2) is 5.11 Å². The van der Waals surface area contributed by atoms with Crippen molar-refractivity contribution < 1.29 is 5.11 Å². The van der Waals surface area contributed by atoms with E-state index in [0.29, 0.717) is 5.75 Å². The van der Waals surface area contributed by atoms with Crippen molar-refractivity contribution in [3.8, 4) is 5.75 Å². The lowest BCUT2D eigenvalue weighted by molar-refractivity contribution is 0.456. The Kier molecular flexibility index (Phi) is 7.12. The molecule has 0 saturated heterocycles. The number of unbranched alkanes of at least 4 members (excludes halogenated alkanes) is 1. The summed E-state index contributed by atoms with van der Waals surface area (Å²) in [6.07, 6.45) is 8.74. The second-order valence-electron chi connectivity index (χ2n) is 5.84. The highest BCUT2D eigenvalue weighted by Gasteiger charge is 2.19. The Balaban J connectivity index is 3.43. The van der Waals surface area contributed by atoms with Crippen LogP contribution in [0.3, 0.4) is 0 Å². The molecule has 1 aromatic carbocycles. The molecule has 0 spiro atoms. The van der Waals surface area contributed by atoms with Crippen LogP contribution in [0, 0.1) is 6.92 Å². The lowest BCUT2D eigenvalue weighted by Crippen LogP contribution is -2.07. The molecule has 0 saturated carbocycles. The van der Waals surface area contributed by atoms with Crippen molar-refractivity contribution in [3.05, 3.63) is 27.8 Å². The van der Waals surface area contributed by atoms with Crippen molar-refractivity contribution >= 4 is 0 Å². The molecule has 114 valence electrons. The molecule has 1 heteroatoms. The zero-order valence-electron chi connectivity index (χ0n) is 14.1. The summed E-state index contributed by atoms with van der Waals surface area (Å²) in [6, 6.07) is 0. The molecule has 1 N–H and O–H groups in total. The molecule has 0 radical (unpaired) electrons. The predicted molar refractivity (Wildman–Crippen MR) is 88.8 cm³/mol. The van der Waals surface area contributed by atoms with Crippen LogP contribution in [0.5, 0.6) is 5.75 Å². The van der Waals surface area contributed by atoms with E-state index in [0.717, 1.165) is 38.5 Å². The van der Waals surface area contributed by atoms with Crippen molar-refractivity contribution in [2.75, 3.05) is 0 Å². The first kappa shape index (κ1) is 17.1. The molecule has 0 aliphatic heterocycles. The van der Waals surface area contributed by atoms with E-state index < -0.39 is 0 Å². The van der Waals surface area contributed by atoms with Crippen LogP contribution >= 0.6 is 0 Å². The van der Waals surface area contributed by atoms with Gasteiger partial charge >= 0.3 is 0 Å². The van der Waals surface area contributed by atoms with Gasteiger partial charge in [0.1, 0.15) is 5.75 Å². The Bertz CT molecular complexity index is 432. The molecule has 0 unspecified atom stereocenters. The van der Waals surface area contributed by atoms with Crippen molar-refractivity contribution in [3.63, 3.8) is 0 Å². The van der Waals surface area contributed by atoms with Gasteiger partial charge < -0.3 is 5.11 Å². The fourth-order valence-corrected chi connectivity index (χ4v) is 3.31. The van der Waals surface area contributed by atoms with Gasteiger partial charge in [0.15, 0.2) is 0 Å². The Labute approximate surface area is 125 Å². The molecule has 1 aromatic rings. The molecule has 0 bridgehead atoms. The summed E-state index contributed by atoms with van der Waals surface area (Å²) in [5, 5.41) is 10.8. The van der Waals surface area contributed by atoms with Gasteiger partial charge in [0.2, 0.25) is 0 Å². The number of aromatic hydroxyl groups is 1. The van der Waals surface area contributed by atoms with E-state index in [1.165, 1.54) is 40.7 Å². The molecule has 0 amide bonds. The van der Waals surface area contributed by atoms with Crippen LogP contribution in [0.4, 0.5) is 0 Å². The Morgan fingerprint density at radius 2 is 1.25 bits per heavy atom. The summed E-state index contributed by atoms with van der Waals surface area (Å²) in [7, 11) is 0. The predicted octanol–water partition coefficient (Wildman–Crippen LogP) is 5.51. The van der Waals surface area contributed by atoms with E-state index in [1.54, 1.807) is 0 Å². The third kappa shape index (κ3) is 3.56. The number of phenols is 1. The first-order chi connectivity index (χ1) is 9.62. The van der Waals surface area contributed by atoms with Gasteiger partial charge in [0, 0.05) is 0 Å². The van der Waals surface area contributed by atoms with Crippen molar-refractivity contribution in [2.45, 2.75) is 86.0 Å². The maximum absolute atomic E-state index is 10.8. The normalized spacial score (nSPS) is 11.1. The number of benzene rings is 1. The fraction of sp³-hybridized carbons (Fsp3) is 0.684. The number of hydrogen-bond acceptors (Lipinski definition) is 1. The van der Waals surface area contributed by atoms with Crippen molar-refractivity contribution in [2.24, 2.45) is 0 Å². The minimum absolute atomic E-state index is 0.617. The maximum atomic E-state index is 10.8. The van der Waals surface area contributed by atoms with Crippen LogP contribution in [0.2, 0.25) is 0 Å². The number of phenolic OH excluding ortho intramolecular Hbond substituents is 1. The average Bonchev–Trinajstić information content (AvgIpc) is 2.44. The molecule has 0 atom stereocenters. The second-order valence-corrected chi connectivity index (χ2v) is 5.84. The molecule has 1 rings (SSSR count). The summed E-state index contributed by atoms with van der Waals surface area (Å²) in [5.74, 6) is 0.617. The standard InChI is InChI=1S/C19H32O/c1-6-10-13-18-15(9-4)14(5)16(11-7-2)17(12-8-3)19(18)20/h20H,6-13H2,1-5H3. The van der Waals surface area contributed by atoms with E-state index in [-0.39, 0.29) is 0 Å². The molecular formula is C19H32O. The third-order valence-corrected chi connectivity index (χ3v) is 4.34. The summed E-state index contributed by atoms with van der Waals surface area (Å²) in [6.45, 7) is 11.1. The quantitative estimate of drug-likeness (QED) is 0.663. The van der Waals surface area contributed by atoms with Crippen LogP contribution < -0.4 is 0 Å². The zero-order valence-corrected chi connectivity index (χ0v) is 14.1. The molecule has 1 nitrogen and oxygen atoms in total. The second kappa shape index (κ2) is 8.34. The summed E-state index contributed by atoms with van der Waals surface area (Å²) in [5.41, 5.74) is 6.73. The third-order valence-electron chi connectivity index (χ3n) is 4.34. The van der Waals surface area contributed by atoms with Crippen LogP contribution in [-0.2, 0) is 25.7 Å². The molecule has 0 fully saturated rings. The van der Waals surface area contributed by atoms with Gasteiger partial charge in [0.25, 0.3) is 0 Å². The van der Waals surface area contributed by atoms with Gasteiger partial charge in [-0.1, -0.05) is 47.0 Å². The Morgan fingerprint density at radius 3 is 1.75 bits per heavy atom. The van der Waals surface area contributed by atoms with Crippen LogP contribution in [0.15, 0.2) is 0 Å². The first-order valence-corrected chi connectivity index (χ1v) is 8.47. The maximum Gasteiger partial charge on any atom is 0.122 e. The minimum atomic E-state index is 0.617. The van der Waals surface area contributed by atoms with E-state index in [9.17, 15) is 5.11 Å². The van der Waals surface area contributed by atoms with E-state index in [1.807, 2.05) is 0 Å². The first-order valence-electron chi connectivity index (χ1n) is 8.47. The highest BCUT2D eigenvalue weighted by Crippen LogP contribution is 2.36. The van der Waals surface area contributed by atoms with Crippen molar-refractivity contribution in [1.82, 2.24) is 0 Å². The molecular weight excluding hydrogens is 244 g/mol. The minimum Gasteiger partial charge on any atom is -0.507 e. The van der Waals surface area contributed by atoms with Gasteiger partial charge in [0.05, 0.1) is 0 Å². The SMILES string of the molecule is CCCCc1c(O)c(CCC)c(CCC)c(C)c1CC. The Hall–Kier alpha value is -0.980. The van der Waals surface area contributed by atoms with Gasteiger partial charge in [-0.25, -0.2) is 0 Å². The van der Waals surface area contributed by atoms with Gasteiger partial charge in [-0.05, 0) is 66.8 Å². The van der Waals surface area contributed by atoms with E-state index in [2.05, 4.69) is 34.6 Å².